The number of hydrogen-bond donors (Lipinski definition) is 2. The summed E-state index contributed by atoms with van der Waals surface area (Å²) in [6.07, 6.45) is 0. The van der Waals surface area contributed by atoms with Crippen molar-refractivity contribution < 1.29 is 13.9 Å². The van der Waals surface area contributed by atoms with Crippen molar-refractivity contribution in [1.29, 1.82) is 5.41 Å². The molecule has 0 bridgehead atoms. The molecule has 4 nitrogen and oxygen atoms in total. The van der Waals surface area contributed by atoms with Crippen molar-refractivity contribution in [2.75, 3.05) is 13.2 Å². The summed E-state index contributed by atoms with van der Waals surface area (Å²) in [5.74, 6) is 0.0462. The summed E-state index contributed by atoms with van der Waals surface area (Å²) in [7, 11) is 0. The quantitative estimate of drug-likeness (QED) is 0.881. The van der Waals surface area contributed by atoms with Gasteiger partial charge in [0.1, 0.15) is 5.84 Å². The Bertz CT molecular complexity index is 527. The van der Waals surface area contributed by atoms with Crippen LogP contribution in [0.15, 0.2) is 6.07 Å². The topological polar surface area (TPSA) is 54.3 Å². The molecular formula is C14H19FN2O2. The van der Waals surface area contributed by atoms with Crippen LogP contribution in [0.1, 0.15) is 38.8 Å². The molecule has 0 atom stereocenters. The number of rotatable bonds is 4. The Balaban J connectivity index is 2.66. The molecule has 0 saturated carbocycles. The highest BCUT2D eigenvalue weighted by atomic mass is 19.1. The molecule has 0 aliphatic carbocycles. The van der Waals surface area contributed by atoms with E-state index in [9.17, 15) is 4.39 Å². The van der Waals surface area contributed by atoms with Gasteiger partial charge in [0.25, 0.3) is 0 Å². The van der Waals surface area contributed by atoms with Gasteiger partial charge in [-0.15, -0.1) is 0 Å². The summed E-state index contributed by atoms with van der Waals surface area (Å²) in [4.78, 5) is 0. The van der Waals surface area contributed by atoms with Crippen molar-refractivity contribution in [3.63, 3.8) is 0 Å². The van der Waals surface area contributed by atoms with Crippen LogP contribution < -0.4 is 14.8 Å². The highest BCUT2D eigenvalue weighted by Crippen LogP contribution is 2.41. The second-order valence-electron chi connectivity index (χ2n) is 4.93. The third-order valence-corrected chi connectivity index (χ3v) is 3.14. The third kappa shape index (κ3) is 2.13. The maximum atomic E-state index is 14.6. The maximum Gasteiger partial charge on any atom is 0.197 e. The molecule has 0 saturated heterocycles. The van der Waals surface area contributed by atoms with Crippen LogP contribution in [0.3, 0.4) is 0 Å². The molecular weight excluding hydrogens is 247 g/mol. The standard InChI is InChI=1S/C14H19FN2O2/c1-5-18-9-7-8-10(11(15)12(9)19-6-2)13(16)17-14(8,3)4/h7H,5-6H2,1-4H3,(H2,16,17). The Morgan fingerprint density at radius 3 is 2.47 bits per heavy atom. The molecule has 0 unspecified atom stereocenters. The highest BCUT2D eigenvalue weighted by Gasteiger charge is 2.38. The van der Waals surface area contributed by atoms with Crippen LogP contribution in [0.4, 0.5) is 4.39 Å². The Morgan fingerprint density at radius 2 is 1.89 bits per heavy atom. The Morgan fingerprint density at radius 1 is 1.26 bits per heavy atom. The van der Waals surface area contributed by atoms with E-state index < -0.39 is 11.4 Å². The largest absolute Gasteiger partial charge is 0.490 e. The summed E-state index contributed by atoms with van der Waals surface area (Å²) in [6.45, 7) is 8.22. The van der Waals surface area contributed by atoms with Crippen molar-refractivity contribution >= 4 is 5.84 Å². The van der Waals surface area contributed by atoms with Gasteiger partial charge in [-0.2, -0.15) is 0 Å². The number of hydrogen-bond acceptors (Lipinski definition) is 3. The lowest BCUT2D eigenvalue weighted by atomic mass is 9.93. The number of benzene rings is 1. The number of amidine groups is 1. The minimum atomic E-state index is -0.522. The summed E-state index contributed by atoms with van der Waals surface area (Å²) in [6, 6.07) is 1.77. The first-order valence-electron chi connectivity index (χ1n) is 6.42. The second kappa shape index (κ2) is 4.72. The van der Waals surface area contributed by atoms with E-state index in [0.29, 0.717) is 19.0 Å². The molecule has 0 fully saturated rings. The molecule has 2 N–H and O–H groups in total. The average molecular weight is 266 g/mol. The van der Waals surface area contributed by atoms with E-state index >= 15 is 0 Å². The zero-order valence-electron chi connectivity index (χ0n) is 11.7. The van der Waals surface area contributed by atoms with Gasteiger partial charge in [0.2, 0.25) is 0 Å². The van der Waals surface area contributed by atoms with Crippen molar-refractivity contribution in [2.24, 2.45) is 0 Å². The molecule has 1 aromatic rings. The van der Waals surface area contributed by atoms with Gasteiger partial charge < -0.3 is 14.8 Å². The van der Waals surface area contributed by atoms with Crippen molar-refractivity contribution in [2.45, 2.75) is 33.2 Å². The van der Waals surface area contributed by atoms with E-state index in [0.717, 1.165) is 5.56 Å². The molecule has 19 heavy (non-hydrogen) atoms. The van der Waals surface area contributed by atoms with E-state index in [1.165, 1.54) is 0 Å². The van der Waals surface area contributed by atoms with Crippen LogP contribution >= 0.6 is 0 Å². The van der Waals surface area contributed by atoms with Crippen LogP contribution in [0.2, 0.25) is 0 Å². The SMILES string of the molecule is CCOc1cc2c(c(F)c1OCC)C(=N)NC2(C)C. The molecule has 0 spiro atoms. The first-order chi connectivity index (χ1) is 8.92. The summed E-state index contributed by atoms with van der Waals surface area (Å²) >= 11 is 0. The molecule has 2 rings (SSSR count). The lowest BCUT2D eigenvalue weighted by Crippen LogP contribution is -2.32. The summed E-state index contributed by atoms with van der Waals surface area (Å²) < 4.78 is 25.4. The van der Waals surface area contributed by atoms with Crippen LogP contribution in [0.5, 0.6) is 11.5 Å². The zero-order chi connectivity index (χ0) is 14.2. The normalized spacial score (nSPS) is 15.9. The fraction of sp³-hybridized carbons (Fsp3) is 0.500. The number of halogens is 1. The zero-order valence-corrected chi connectivity index (χ0v) is 11.7. The number of ether oxygens (including phenoxy) is 2. The number of fused-ring (bicyclic) bond motifs is 1. The molecule has 0 radical (unpaired) electrons. The third-order valence-electron chi connectivity index (χ3n) is 3.14. The van der Waals surface area contributed by atoms with E-state index in [2.05, 4.69) is 5.32 Å². The maximum absolute atomic E-state index is 14.6. The smallest absolute Gasteiger partial charge is 0.197 e. The van der Waals surface area contributed by atoms with Crippen molar-refractivity contribution in [3.05, 3.63) is 23.0 Å². The van der Waals surface area contributed by atoms with Crippen LogP contribution in [0.25, 0.3) is 0 Å². The first-order valence-corrected chi connectivity index (χ1v) is 6.42. The highest BCUT2D eigenvalue weighted by molar-refractivity contribution is 6.02. The van der Waals surface area contributed by atoms with Gasteiger partial charge in [0.15, 0.2) is 17.3 Å². The Kier molecular flexibility index (Phi) is 3.39. The molecule has 1 aliphatic heterocycles. The van der Waals surface area contributed by atoms with E-state index in [1.54, 1.807) is 13.0 Å². The van der Waals surface area contributed by atoms with Gasteiger partial charge >= 0.3 is 0 Å². The fourth-order valence-electron chi connectivity index (χ4n) is 2.33. The van der Waals surface area contributed by atoms with Crippen molar-refractivity contribution in [3.8, 4) is 11.5 Å². The molecule has 1 aliphatic rings. The number of nitrogens with one attached hydrogen (secondary N) is 2. The van der Waals surface area contributed by atoms with E-state index in [4.69, 9.17) is 14.9 Å². The van der Waals surface area contributed by atoms with Gasteiger partial charge in [-0.3, -0.25) is 5.41 Å². The minimum absolute atomic E-state index is 0.0847. The van der Waals surface area contributed by atoms with Gasteiger partial charge in [-0.25, -0.2) is 4.39 Å². The second-order valence-corrected chi connectivity index (χ2v) is 4.93. The summed E-state index contributed by atoms with van der Waals surface area (Å²) in [5, 5.41) is 10.9. The Labute approximate surface area is 112 Å². The van der Waals surface area contributed by atoms with E-state index in [1.807, 2.05) is 20.8 Å². The summed E-state index contributed by atoms with van der Waals surface area (Å²) in [5.41, 5.74) is 0.517. The van der Waals surface area contributed by atoms with Gasteiger partial charge in [0, 0.05) is 0 Å². The van der Waals surface area contributed by atoms with Crippen LogP contribution in [-0.4, -0.2) is 19.0 Å². The lowest BCUT2D eigenvalue weighted by Gasteiger charge is -2.21. The first kappa shape index (κ1) is 13.6. The lowest BCUT2D eigenvalue weighted by molar-refractivity contribution is 0.274. The molecule has 5 heteroatoms. The van der Waals surface area contributed by atoms with Crippen LogP contribution in [-0.2, 0) is 5.54 Å². The van der Waals surface area contributed by atoms with E-state index in [-0.39, 0.29) is 17.1 Å². The average Bonchev–Trinajstić information content (AvgIpc) is 2.54. The molecule has 1 aromatic carbocycles. The fourth-order valence-corrected chi connectivity index (χ4v) is 2.33. The van der Waals surface area contributed by atoms with Gasteiger partial charge in [0.05, 0.1) is 24.3 Å². The Hall–Kier alpha value is -1.78. The van der Waals surface area contributed by atoms with Gasteiger partial charge in [-0.1, -0.05) is 0 Å². The molecule has 1 heterocycles. The molecule has 104 valence electrons. The van der Waals surface area contributed by atoms with Crippen LogP contribution in [0, 0.1) is 11.2 Å². The minimum Gasteiger partial charge on any atom is -0.490 e. The van der Waals surface area contributed by atoms with Crippen molar-refractivity contribution in [1.82, 2.24) is 5.32 Å². The molecule has 0 aromatic heterocycles. The predicted molar refractivity (Wildman–Crippen MR) is 71.7 cm³/mol. The van der Waals surface area contributed by atoms with Gasteiger partial charge in [-0.05, 0) is 39.3 Å². The molecule has 0 amide bonds. The predicted octanol–water partition coefficient (Wildman–Crippen LogP) is 2.79. The monoisotopic (exact) mass is 266 g/mol.